The fourth-order valence-electron chi connectivity index (χ4n) is 1.47. The van der Waals surface area contributed by atoms with E-state index in [1.165, 1.54) is 7.11 Å². The Morgan fingerprint density at radius 2 is 1.85 bits per heavy atom. The van der Waals surface area contributed by atoms with Crippen LogP contribution in [0.5, 0.6) is 0 Å². The first kappa shape index (κ1) is 16.1. The highest BCUT2D eigenvalue weighted by Crippen LogP contribution is 2.20. The molecule has 0 aliphatic rings. The maximum Gasteiger partial charge on any atom is 0.333 e. The van der Waals surface area contributed by atoms with E-state index in [4.69, 9.17) is 22.7 Å². The average molecular weight is 294 g/mol. The quantitative estimate of drug-likeness (QED) is 0.632. The van der Waals surface area contributed by atoms with Gasteiger partial charge in [-0.2, -0.15) is 0 Å². The molecular formula is C14H18N2O3S. The summed E-state index contributed by atoms with van der Waals surface area (Å²) in [6.45, 7) is 3.20. The lowest BCUT2D eigenvalue weighted by atomic mass is 9.91. The molecule has 0 aliphatic heterocycles. The van der Waals surface area contributed by atoms with Crippen LogP contribution in [0.3, 0.4) is 0 Å². The molecule has 0 spiro atoms. The molecule has 0 fully saturated rings. The van der Waals surface area contributed by atoms with Crippen molar-refractivity contribution in [1.29, 1.82) is 0 Å². The lowest BCUT2D eigenvalue weighted by molar-refractivity contribution is -0.146. The Morgan fingerprint density at radius 1 is 1.30 bits per heavy atom. The predicted molar refractivity (Wildman–Crippen MR) is 79.9 cm³/mol. The maximum atomic E-state index is 12.2. The lowest BCUT2D eigenvalue weighted by Crippen LogP contribution is -2.47. The Hall–Kier alpha value is -1.95. The summed E-state index contributed by atoms with van der Waals surface area (Å²) >= 11 is 4.87. The van der Waals surface area contributed by atoms with Crippen molar-refractivity contribution < 1.29 is 14.3 Å². The lowest BCUT2D eigenvalue weighted by Gasteiger charge is -2.25. The Kier molecular flexibility index (Phi) is 5.21. The van der Waals surface area contributed by atoms with E-state index >= 15 is 0 Å². The standard InChI is InChI=1S/C14H18N2O3S/c1-14(2,12(15)20)13(18)16-10(11(17)19-3)9-7-5-4-6-8-9/h4-8,10H,1-3H3,(H2,15,20)(H,16,18). The fourth-order valence-corrected chi connectivity index (χ4v) is 1.56. The number of nitrogens with one attached hydrogen (secondary N) is 1. The van der Waals surface area contributed by atoms with Gasteiger partial charge in [0.1, 0.15) is 0 Å². The molecule has 3 N–H and O–H groups in total. The highest BCUT2D eigenvalue weighted by Gasteiger charge is 2.34. The number of rotatable bonds is 5. The van der Waals surface area contributed by atoms with Gasteiger partial charge in [0.25, 0.3) is 0 Å². The third-order valence-corrected chi connectivity index (χ3v) is 3.54. The number of hydrogen-bond donors (Lipinski definition) is 2. The molecule has 0 heterocycles. The largest absolute Gasteiger partial charge is 0.467 e. The number of hydrogen-bond acceptors (Lipinski definition) is 4. The molecule has 5 nitrogen and oxygen atoms in total. The zero-order valence-corrected chi connectivity index (χ0v) is 12.5. The van der Waals surface area contributed by atoms with Gasteiger partial charge in [-0.15, -0.1) is 0 Å². The van der Waals surface area contributed by atoms with Crippen LogP contribution in [0.2, 0.25) is 0 Å². The minimum atomic E-state index is -1.05. The molecule has 1 atom stereocenters. The molecule has 0 bridgehead atoms. The van der Waals surface area contributed by atoms with E-state index in [0.717, 1.165) is 0 Å². The molecule has 0 saturated carbocycles. The molecule has 1 aromatic carbocycles. The summed E-state index contributed by atoms with van der Waals surface area (Å²) in [5.41, 5.74) is 5.13. The van der Waals surface area contributed by atoms with Gasteiger partial charge in [-0.25, -0.2) is 4.79 Å². The first-order valence-corrected chi connectivity index (χ1v) is 6.45. The summed E-state index contributed by atoms with van der Waals surface area (Å²) in [6.07, 6.45) is 0. The number of carbonyl (C=O) groups excluding carboxylic acids is 2. The van der Waals surface area contributed by atoms with Crippen LogP contribution in [-0.4, -0.2) is 24.0 Å². The van der Waals surface area contributed by atoms with Gasteiger partial charge in [-0.3, -0.25) is 4.79 Å². The van der Waals surface area contributed by atoms with Gasteiger partial charge in [0.05, 0.1) is 17.5 Å². The van der Waals surface area contributed by atoms with Crippen molar-refractivity contribution >= 4 is 29.1 Å². The summed E-state index contributed by atoms with van der Waals surface area (Å²) in [7, 11) is 1.27. The summed E-state index contributed by atoms with van der Waals surface area (Å²) in [4.78, 5) is 24.1. The molecular weight excluding hydrogens is 276 g/mol. The second-order valence-electron chi connectivity index (χ2n) is 4.83. The van der Waals surface area contributed by atoms with Crippen molar-refractivity contribution in [2.45, 2.75) is 19.9 Å². The van der Waals surface area contributed by atoms with Crippen LogP contribution in [0.4, 0.5) is 0 Å². The molecule has 0 aromatic heterocycles. The van der Waals surface area contributed by atoms with Crippen LogP contribution < -0.4 is 11.1 Å². The molecule has 0 saturated heterocycles. The first-order valence-electron chi connectivity index (χ1n) is 6.04. The van der Waals surface area contributed by atoms with Crippen molar-refractivity contribution in [2.24, 2.45) is 11.1 Å². The van der Waals surface area contributed by atoms with Crippen LogP contribution in [0, 0.1) is 5.41 Å². The number of esters is 1. The van der Waals surface area contributed by atoms with Crippen LogP contribution in [0.25, 0.3) is 0 Å². The number of ether oxygens (including phenoxy) is 1. The summed E-state index contributed by atoms with van der Waals surface area (Å²) in [5.74, 6) is -0.979. The highest BCUT2D eigenvalue weighted by atomic mass is 32.1. The monoisotopic (exact) mass is 294 g/mol. The van der Waals surface area contributed by atoms with E-state index < -0.39 is 23.3 Å². The molecule has 1 unspecified atom stereocenters. The molecule has 1 rings (SSSR count). The van der Waals surface area contributed by atoms with Crippen molar-refractivity contribution in [3.8, 4) is 0 Å². The second-order valence-corrected chi connectivity index (χ2v) is 5.27. The van der Waals surface area contributed by atoms with Gasteiger partial charge in [-0.05, 0) is 19.4 Å². The second kappa shape index (κ2) is 6.47. The number of thiocarbonyl (C=S) groups is 1. The average Bonchev–Trinajstić information content (AvgIpc) is 2.44. The highest BCUT2D eigenvalue weighted by molar-refractivity contribution is 7.80. The third-order valence-electron chi connectivity index (χ3n) is 3.03. The van der Waals surface area contributed by atoms with Gasteiger partial charge in [0.15, 0.2) is 6.04 Å². The zero-order valence-electron chi connectivity index (χ0n) is 11.7. The molecule has 20 heavy (non-hydrogen) atoms. The van der Waals surface area contributed by atoms with Gasteiger partial charge in [0.2, 0.25) is 5.91 Å². The summed E-state index contributed by atoms with van der Waals surface area (Å²) in [6, 6.07) is 7.94. The Bertz CT molecular complexity index is 514. The number of amides is 1. The minimum absolute atomic E-state index is 0.0617. The van der Waals surface area contributed by atoms with E-state index in [1.807, 2.05) is 6.07 Å². The molecule has 6 heteroatoms. The van der Waals surface area contributed by atoms with Crippen LogP contribution in [0.1, 0.15) is 25.5 Å². The van der Waals surface area contributed by atoms with Gasteiger partial charge >= 0.3 is 5.97 Å². The third kappa shape index (κ3) is 3.54. The van der Waals surface area contributed by atoms with Crippen LogP contribution in [0.15, 0.2) is 30.3 Å². The van der Waals surface area contributed by atoms with Crippen LogP contribution in [-0.2, 0) is 14.3 Å². The Morgan fingerprint density at radius 3 is 2.30 bits per heavy atom. The minimum Gasteiger partial charge on any atom is -0.467 e. The number of methoxy groups -OCH3 is 1. The van der Waals surface area contributed by atoms with Gasteiger partial charge < -0.3 is 15.8 Å². The number of benzene rings is 1. The maximum absolute atomic E-state index is 12.2. The van der Waals surface area contributed by atoms with Gasteiger partial charge in [-0.1, -0.05) is 42.5 Å². The smallest absolute Gasteiger partial charge is 0.333 e. The fraction of sp³-hybridized carbons (Fsp3) is 0.357. The SMILES string of the molecule is COC(=O)C(NC(=O)C(C)(C)C(N)=S)c1ccccc1. The molecule has 0 radical (unpaired) electrons. The van der Waals surface area contributed by atoms with Gasteiger partial charge in [0, 0.05) is 0 Å². The predicted octanol–water partition coefficient (Wildman–Crippen LogP) is 1.33. The zero-order chi connectivity index (χ0) is 15.3. The molecule has 1 aromatic rings. The Balaban J connectivity index is 3.01. The van der Waals surface area contributed by atoms with Crippen molar-refractivity contribution in [2.75, 3.05) is 7.11 Å². The molecule has 1 amide bonds. The number of carbonyl (C=O) groups is 2. The van der Waals surface area contributed by atoms with E-state index in [9.17, 15) is 9.59 Å². The van der Waals surface area contributed by atoms with Crippen molar-refractivity contribution in [3.05, 3.63) is 35.9 Å². The molecule has 108 valence electrons. The topological polar surface area (TPSA) is 81.4 Å². The molecule has 0 aliphatic carbocycles. The van der Waals surface area contributed by atoms with Crippen LogP contribution >= 0.6 is 12.2 Å². The van der Waals surface area contributed by atoms with E-state index in [2.05, 4.69) is 5.32 Å². The summed E-state index contributed by atoms with van der Waals surface area (Å²) in [5, 5.41) is 2.62. The Labute approximate surface area is 123 Å². The van der Waals surface area contributed by atoms with E-state index in [0.29, 0.717) is 5.56 Å². The van der Waals surface area contributed by atoms with Crippen molar-refractivity contribution in [3.63, 3.8) is 0 Å². The van der Waals surface area contributed by atoms with E-state index in [-0.39, 0.29) is 4.99 Å². The van der Waals surface area contributed by atoms with Crippen molar-refractivity contribution in [1.82, 2.24) is 5.32 Å². The normalized spacial score (nSPS) is 12.3. The summed E-state index contributed by atoms with van der Waals surface area (Å²) < 4.78 is 4.72. The number of nitrogens with two attached hydrogens (primary N) is 1. The first-order chi connectivity index (χ1) is 9.30. The van der Waals surface area contributed by atoms with E-state index in [1.54, 1.807) is 38.1 Å².